The lowest BCUT2D eigenvalue weighted by atomic mass is 9.94. The summed E-state index contributed by atoms with van der Waals surface area (Å²) in [6.07, 6.45) is 12.6. The summed E-state index contributed by atoms with van der Waals surface area (Å²) in [5, 5.41) is 12.5. The van der Waals surface area contributed by atoms with Crippen LogP contribution in [0.1, 0.15) is 0 Å². The van der Waals surface area contributed by atoms with E-state index >= 15 is 0 Å². The standard InChI is InChI=1S/C9H10BN7/c1-4-11-14-17(9-1)10(15-7-2-5-12-15)16-8-3-6-13-16/h1-9,14H. The van der Waals surface area contributed by atoms with Gasteiger partial charge in [-0.3, -0.25) is 14.1 Å². The van der Waals surface area contributed by atoms with Crippen LogP contribution in [-0.4, -0.2) is 37.6 Å². The van der Waals surface area contributed by atoms with E-state index in [-0.39, 0.29) is 7.12 Å². The second-order valence-electron chi connectivity index (χ2n) is 3.45. The lowest BCUT2D eigenvalue weighted by Gasteiger charge is -2.26. The van der Waals surface area contributed by atoms with E-state index in [4.69, 9.17) is 0 Å². The average Bonchev–Trinajstić information content (AvgIpc) is 3.04. The maximum Gasteiger partial charge on any atom is 0.568 e. The third-order valence-electron chi connectivity index (χ3n) is 2.35. The van der Waals surface area contributed by atoms with Gasteiger partial charge in [-0.05, 0) is 18.2 Å². The predicted molar refractivity (Wildman–Crippen MR) is 63.6 cm³/mol. The molecule has 1 N–H and O–H groups in total. The summed E-state index contributed by atoms with van der Waals surface area (Å²) in [6.45, 7) is 0. The lowest BCUT2D eigenvalue weighted by Crippen LogP contribution is -2.54. The topological polar surface area (TPSA) is 63.3 Å². The molecule has 0 fully saturated rings. The van der Waals surface area contributed by atoms with E-state index < -0.39 is 0 Å². The molecular weight excluding hydrogens is 217 g/mol. The highest BCUT2D eigenvalue weighted by molar-refractivity contribution is 6.51. The summed E-state index contributed by atoms with van der Waals surface area (Å²) in [6, 6.07) is 3.74. The van der Waals surface area contributed by atoms with Crippen molar-refractivity contribution < 1.29 is 0 Å². The molecule has 0 radical (unpaired) electrons. The van der Waals surface area contributed by atoms with Gasteiger partial charge in [0.2, 0.25) is 0 Å². The Morgan fingerprint density at radius 2 is 1.71 bits per heavy atom. The Morgan fingerprint density at radius 3 is 2.18 bits per heavy atom. The number of nitrogens with zero attached hydrogens (tertiary/aromatic N) is 6. The summed E-state index contributed by atoms with van der Waals surface area (Å²) >= 11 is 0. The zero-order chi connectivity index (χ0) is 11.5. The second kappa shape index (κ2) is 4.16. The number of nitrogens with one attached hydrogen (secondary N) is 1. The maximum atomic E-state index is 4.24. The van der Waals surface area contributed by atoms with E-state index in [0.29, 0.717) is 0 Å². The van der Waals surface area contributed by atoms with E-state index in [1.54, 1.807) is 32.7 Å². The average molecular weight is 227 g/mol. The van der Waals surface area contributed by atoms with Crippen molar-refractivity contribution in [2.45, 2.75) is 0 Å². The van der Waals surface area contributed by atoms with Crippen LogP contribution in [0, 0.1) is 0 Å². The van der Waals surface area contributed by atoms with Crippen molar-refractivity contribution in [1.82, 2.24) is 29.8 Å². The number of hydrogen-bond acceptors (Lipinski definition) is 5. The van der Waals surface area contributed by atoms with Crippen LogP contribution < -0.4 is 5.53 Å². The lowest BCUT2D eigenvalue weighted by molar-refractivity contribution is 0.406. The van der Waals surface area contributed by atoms with Crippen LogP contribution in [0.4, 0.5) is 0 Å². The van der Waals surface area contributed by atoms with Crippen LogP contribution in [0.2, 0.25) is 0 Å². The fourth-order valence-corrected chi connectivity index (χ4v) is 1.65. The van der Waals surface area contributed by atoms with Gasteiger partial charge in [-0.2, -0.15) is 15.3 Å². The van der Waals surface area contributed by atoms with Gasteiger partial charge < -0.3 is 0 Å². The minimum absolute atomic E-state index is 0.228. The fourth-order valence-electron chi connectivity index (χ4n) is 1.65. The summed E-state index contributed by atoms with van der Waals surface area (Å²) in [5.74, 6) is 0. The Kier molecular flexibility index (Phi) is 2.38. The number of hydrazine groups is 1. The molecule has 1 aliphatic rings. The van der Waals surface area contributed by atoms with Crippen LogP contribution in [0.15, 0.2) is 54.3 Å². The molecule has 0 spiro atoms. The predicted octanol–water partition coefficient (Wildman–Crippen LogP) is -0.219. The van der Waals surface area contributed by atoms with Crippen LogP contribution in [0.3, 0.4) is 0 Å². The molecule has 2 aromatic heterocycles. The monoisotopic (exact) mass is 227 g/mol. The van der Waals surface area contributed by atoms with E-state index in [1.807, 2.05) is 36.8 Å². The van der Waals surface area contributed by atoms with E-state index in [1.165, 1.54) is 0 Å². The van der Waals surface area contributed by atoms with Crippen molar-refractivity contribution in [2.24, 2.45) is 5.10 Å². The first-order chi connectivity index (χ1) is 8.45. The molecule has 0 bridgehead atoms. The normalized spacial score (nSPS) is 13.8. The summed E-state index contributed by atoms with van der Waals surface area (Å²) in [7, 11) is -0.228. The van der Waals surface area contributed by atoms with Gasteiger partial charge in [0.25, 0.3) is 0 Å². The molecule has 1 aliphatic heterocycles. The van der Waals surface area contributed by atoms with Crippen molar-refractivity contribution >= 4 is 13.3 Å². The molecule has 0 atom stereocenters. The molecule has 0 aromatic carbocycles. The Balaban J connectivity index is 1.97. The zero-order valence-electron chi connectivity index (χ0n) is 8.96. The van der Waals surface area contributed by atoms with Gasteiger partial charge in [-0.15, -0.1) is 0 Å². The maximum absolute atomic E-state index is 4.24. The first-order valence-corrected chi connectivity index (χ1v) is 5.17. The first kappa shape index (κ1) is 9.70. The highest BCUT2D eigenvalue weighted by Gasteiger charge is 2.30. The first-order valence-electron chi connectivity index (χ1n) is 5.17. The number of allylic oxidation sites excluding steroid dienone is 1. The molecule has 3 heterocycles. The molecule has 0 saturated heterocycles. The highest BCUT2D eigenvalue weighted by Crippen LogP contribution is 2.01. The third kappa shape index (κ3) is 1.80. The minimum atomic E-state index is -0.228. The van der Waals surface area contributed by atoms with E-state index in [0.717, 1.165) is 0 Å². The largest absolute Gasteiger partial charge is 0.568 e. The molecule has 0 aliphatic carbocycles. The minimum Gasteiger partial charge on any atom is -0.275 e. The molecule has 0 saturated carbocycles. The third-order valence-corrected chi connectivity index (χ3v) is 2.35. The van der Waals surface area contributed by atoms with Crippen molar-refractivity contribution in [3.05, 3.63) is 49.2 Å². The van der Waals surface area contributed by atoms with Crippen LogP contribution in [-0.2, 0) is 0 Å². The second-order valence-corrected chi connectivity index (χ2v) is 3.45. The molecule has 2 aromatic rings. The van der Waals surface area contributed by atoms with Crippen LogP contribution >= 0.6 is 0 Å². The summed E-state index contributed by atoms with van der Waals surface area (Å²) in [4.78, 5) is 1.81. The van der Waals surface area contributed by atoms with Crippen molar-refractivity contribution in [3.63, 3.8) is 0 Å². The van der Waals surface area contributed by atoms with Gasteiger partial charge >= 0.3 is 7.12 Å². The highest BCUT2D eigenvalue weighted by atomic mass is 15.7. The van der Waals surface area contributed by atoms with Crippen LogP contribution in [0.25, 0.3) is 0 Å². The fraction of sp³-hybridized carbons (Fsp3) is 0. The summed E-state index contributed by atoms with van der Waals surface area (Å²) in [5.41, 5.74) is 2.89. The Hall–Kier alpha value is -2.51. The molecule has 17 heavy (non-hydrogen) atoms. The van der Waals surface area contributed by atoms with Gasteiger partial charge in [-0.25, -0.2) is 5.53 Å². The molecule has 3 rings (SSSR count). The SMILES string of the molecule is C1=CN(B(n2cccn2)n2cccn2)NN=C1. The quantitative estimate of drug-likeness (QED) is 0.736. The molecule has 0 unspecified atom stereocenters. The van der Waals surface area contributed by atoms with Gasteiger partial charge in [0, 0.05) is 31.0 Å². The van der Waals surface area contributed by atoms with Gasteiger partial charge in [0.1, 0.15) is 0 Å². The molecule has 84 valence electrons. The zero-order valence-corrected chi connectivity index (χ0v) is 8.96. The van der Waals surface area contributed by atoms with E-state index in [9.17, 15) is 0 Å². The number of hydrazone groups is 1. The van der Waals surface area contributed by atoms with E-state index in [2.05, 4.69) is 20.8 Å². The van der Waals surface area contributed by atoms with Crippen LogP contribution in [0.5, 0.6) is 0 Å². The Bertz CT molecular complexity index is 481. The van der Waals surface area contributed by atoms with Gasteiger partial charge in [0.15, 0.2) is 0 Å². The smallest absolute Gasteiger partial charge is 0.275 e. The Labute approximate surface area is 98.1 Å². The van der Waals surface area contributed by atoms with Crippen molar-refractivity contribution in [3.8, 4) is 0 Å². The Morgan fingerprint density at radius 1 is 1.00 bits per heavy atom. The number of hydrogen-bond donors (Lipinski definition) is 1. The molecule has 0 amide bonds. The van der Waals surface area contributed by atoms with Gasteiger partial charge in [-0.1, -0.05) is 0 Å². The van der Waals surface area contributed by atoms with Gasteiger partial charge in [0.05, 0.1) is 6.21 Å². The molecular formula is C9H10BN7. The molecule has 8 heteroatoms. The summed E-state index contributed by atoms with van der Waals surface area (Å²) < 4.78 is 3.57. The molecule has 7 nitrogen and oxygen atoms in total. The van der Waals surface area contributed by atoms with Crippen molar-refractivity contribution in [1.29, 1.82) is 0 Å². The van der Waals surface area contributed by atoms with Crippen molar-refractivity contribution in [2.75, 3.05) is 0 Å². The number of rotatable bonds is 3. The number of aromatic nitrogens is 4.